The molecule has 0 amide bonds. The van der Waals surface area contributed by atoms with Crippen LogP contribution in [0.1, 0.15) is 71.3 Å². The lowest BCUT2D eigenvalue weighted by molar-refractivity contribution is -0.385. The molecule has 1 aromatic rings. The van der Waals surface area contributed by atoms with Crippen molar-refractivity contribution in [1.29, 1.82) is 0 Å². The van der Waals surface area contributed by atoms with Crippen LogP contribution >= 0.6 is 0 Å². The Kier molecular flexibility index (Phi) is 6.81. The number of carbonyl (C=O) groups excluding carboxylic acids is 2. The van der Waals surface area contributed by atoms with Gasteiger partial charge in [0.15, 0.2) is 11.5 Å². The van der Waals surface area contributed by atoms with Gasteiger partial charge in [0, 0.05) is 35.4 Å². The number of nitrogens with zero attached hydrogens (tertiary/aromatic N) is 2. The number of aliphatic imine (C=N–C) groups is 1. The molecule has 0 bridgehead atoms. The van der Waals surface area contributed by atoms with Crippen molar-refractivity contribution in [2.75, 3.05) is 6.61 Å². The van der Waals surface area contributed by atoms with E-state index in [2.05, 4.69) is 11.9 Å². The molecule has 0 aromatic heterocycles. The minimum absolute atomic E-state index is 0.114. The first-order valence-electron chi connectivity index (χ1n) is 11.0. The third kappa shape index (κ3) is 4.74. The van der Waals surface area contributed by atoms with Crippen molar-refractivity contribution in [2.45, 2.75) is 65.7 Å². The van der Waals surface area contributed by atoms with Crippen molar-refractivity contribution in [3.05, 3.63) is 45.1 Å². The zero-order valence-electron chi connectivity index (χ0n) is 19.0. The number of ether oxygens (including phenoxy) is 1. The highest BCUT2D eigenvalue weighted by molar-refractivity contribution is 6.09. The largest absolute Gasteiger partial charge is 0.502 e. The minimum atomic E-state index is -0.857. The van der Waals surface area contributed by atoms with Crippen LogP contribution in [0.4, 0.5) is 5.69 Å². The summed E-state index contributed by atoms with van der Waals surface area (Å²) in [7, 11) is 0. The summed E-state index contributed by atoms with van der Waals surface area (Å²) >= 11 is 0. The van der Waals surface area contributed by atoms with Crippen molar-refractivity contribution in [3.8, 4) is 5.75 Å². The molecule has 0 saturated heterocycles. The standard InChI is InChI=1S/C24H30N2O6/c1-5-6-7-10-32-23(29)20-14(2)25-16-12-24(3,4)13-19(28)22(16)21(20)15-8-9-18(27)17(11-15)26(30)31/h8-9,11,20-21,27H,5-7,10,12-13H2,1-4H3/t20?,21-/m0/s1. The van der Waals surface area contributed by atoms with E-state index in [1.807, 2.05) is 13.8 Å². The number of Topliss-reactive ketones (excluding diaryl/α,β-unsaturated/α-hetero) is 1. The summed E-state index contributed by atoms with van der Waals surface area (Å²) < 4.78 is 5.53. The number of rotatable bonds is 7. The van der Waals surface area contributed by atoms with Gasteiger partial charge >= 0.3 is 11.7 Å². The Labute approximate surface area is 187 Å². The summed E-state index contributed by atoms with van der Waals surface area (Å²) in [5.74, 6) is -2.68. The number of nitro groups is 1. The number of esters is 1. The zero-order valence-corrected chi connectivity index (χ0v) is 19.0. The number of ketones is 1. The summed E-state index contributed by atoms with van der Waals surface area (Å²) in [6, 6.07) is 4.00. The van der Waals surface area contributed by atoms with E-state index in [1.165, 1.54) is 18.2 Å². The number of nitro benzene ring substituents is 1. The van der Waals surface area contributed by atoms with Crippen LogP contribution in [0.3, 0.4) is 0 Å². The minimum Gasteiger partial charge on any atom is -0.502 e. The number of hydrogen-bond donors (Lipinski definition) is 1. The number of aromatic hydroxyl groups is 1. The van der Waals surface area contributed by atoms with Gasteiger partial charge in [0.2, 0.25) is 0 Å². The molecule has 0 spiro atoms. The summed E-state index contributed by atoms with van der Waals surface area (Å²) in [5.41, 5.74) is 1.25. The number of benzene rings is 1. The molecule has 0 radical (unpaired) electrons. The fraction of sp³-hybridized carbons (Fsp3) is 0.542. The maximum atomic E-state index is 13.2. The Bertz CT molecular complexity index is 1010. The number of carbonyl (C=O) groups is 2. The van der Waals surface area contributed by atoms with Crippen LogP contribution in [0, 0.1) is 21.4 Å². The lowest BCUT2D eigenvalue weighted by Crippen LogP contribution is -2.39. The first-order chi connectivity index (χ1) is 15.1. The van der Waals surface area contributed by atoms with Crippen molar-refractivity contribution in [1.82, 2.24) is 0 Å². The molecule has 2 aliphatic rings. The van der Waals surface area contributed by atoms with Gasteiger partial charge in [-0.1, -0.05) is 39.7 Å². The van der Waals surface area contributed by atoms with E-state index < -0.39 is 34.2 Å². The first-order valence-corrected chi connectivity index (χ1v) is 11.0. The number of unbranched alkanes of at least 4 members (excludes halogenated alkanes) is 2. The quantitative estimate of drug-likeness (QED) is 0.279. The molecule has 8 heteroatoms. The van der Waals surface area contributed by atoms with Crippen LogP contribution in [-0.4, -0.2) is 34.1 Å². The van der Waals surface area contributed by atoms with Crippen molar-refractivity contribution in [2.24, 2.45) is 16.3 Å². The Morgan fingerprint density at radius 3 is 2.69 bits per heavy atom. The molecule has 172 valence electrons. The second kappa shape index (κ2) is 9.22. The van der Waals surface area contributed by atoms with Crippen LogP contribution in [0.5, 0.6) is 5.75 Å². The molecular weight excluding hydrogens is 412 g/mol. The Morgan fingerprint density at radius 2 is 2.03 bits per heavy atom. The average molecular weight is 443 g/mol. The molecule has 1 N–H and O–H groups in total. The molecule has 1 aliphatic heterocycles. The van der Waals surface area contributed by atoms with Crippen LogP contribution < -0.4 is 0 Å². The van der Waals surface area contributed by atoms with E-state index in [0.717, 1.165) is 19.3 Å². The molecule has 8 nitrogen and oxygen atoms in total. The highest BCUT2D eigenvalue weighted by Gasteiger charge is 2.46. The molecule has 32 heavy (non-hydrogen) atoms. The van der Waals surface area contributed by atoms with E-state index in [-0.39, 0.29) is 17.8 Å². The van der Waals surface area contributed by atoms with Crippen molar-refractivity contribution < 1.29 is 24.4 Å². The lowest BCUT2D eigenvalue weighted by atomic mass is 9.67. The van der Waals surface area contributed by atoms with Crippen LogP contribution in [0.15, 0.2) is 34.5 Å². The molecule has 1 unspecified atom stereocenters. The third-order valence-corrected chi connectivity index (χ3v) is 6.10. The van der Waals surface area contributed by atoms with Gasteiger partial charge in [0.1, 0.15) is 5.92 Å². The Balaban J connectivity index is 2.10. The van der Waals surface area contributed by atoms with Crippen LogP contribution in [0.25, 0.3) is 0 Å². The van der Waals surface area contributed by atoms with Gasteiger partial charge in [-0.25, -0.2) is 0 Å². The van der Waals surface area contributed by atoms with Crippen molar-refractivity contribution >= 4 is 23.2 Å². The van der Waals surface area contributed by atoms with Crippen LogP contribution in [-0.2, 0) is 14.3 Å². The zero-order chi connectivity index (χ0) is 23.6. The van der Waals surface area contributed by atoms with Gasteiger partial charge in [0.05, 0.1) is 11.5 Å². The maximum Gasteiger partial charge on any atom is 0.315 e. The fourth-order valence-electron chi connectivity index (χ4n) is 4.61. The lowest BCUT2D eigenvalue weighted by Gasteiger charge is -2.38. The number of hydrogen-bond acceptors (Lipinski definition) is 7. The van der Waals surface area contributed by atoms with Gasteiger partial charge in [0.25, 0.3) is 0 Å². The molecule has 1 aromatic carbocycles. The Morgan fingerprint density at radius 1 is 1.31 bits per heavy atom. The van der Waals surface area contributed by atoms with E-state index in [9.17, 15) is 24.8 Å². The normalized spacial score (nSPS) is 22.2. The number of phenolic OH excluding ortho intramolecular Hbond substituents is 1. The third-order valence-electron chi connectivity index (χ3n) is 6.10. The molecule has 1 heterocycles. The topological polar surface area (TPSA) is 119 Å². The predicted molar refractivity (Wildman–Crippen MR) is 120 cm³/mol. The molecule has 1 aliphatic carbocycles. The summed E-state index contributed by atoms with van der Waals surface area (Å²) in [6.45, 7) is 8.04. The predicted octanol–water partition coefficient (Wildman–Crippen LogP) is 4.85. The fourth-order valence-corrected chi connectivity index (χ4v) is 4.61. The van der Waals surface area contributed by atoms with Crippen molar-refractivity contribution in [3.63, 3.8) is 0 Å². The monoisotopic (exact) mass is 442 g/mol. The highest BCUT2D eigenvalue weighted by Crippen LogP contribution is 2.48. The number of allylic oxidation sites excluding steroid dienone is 2. The average Bonchev–Trinajstić information content (AvgIpc) is 2.69. The van der Waals surface area contributed by atoms with Crippen LogP contribution in [0.2, 0.25) is 0 Å². The second-order valence-corrected chi connectivity index (χ2v) is 9.39. The maximum absolute atomic E-state index is 13.2. The van der Waals surface area contributed by atoms with E-state index in [0.29, 0.717) is 35.4 Å². The summed E-state index contributed by atoms with van der Waals surface area (Å²) in [6.07, 6.45) is 3.53. The Hall–Kier alpha value is -3.03. The molecule has 3 rings (SSSR count). The van der Waals surface area contributed by atoms with Gasteiger partial charge in [-0.15, -0.1) is 0 Å². The SMILES string of the molecule is CCCCCOC(=O)C1C(C)=NC2=C(C(=O)CC(C)(C)C2)[C@H]1c1ccc(O)c([N+](=O)[O-])c1. The first kappa shape index (κ1) is 23.6. The smallest absolute Gasteiger partial charge is 0.315 e. The van der Waals surface area contributed by atoms with Gasteiger partial charge < -0.3 is 9.84 Å². The van der Waals surface area contributed by atoms with E-state index >= 15 is 0 Å². The molecule has 2 atom stereocenters. The summed E-state index contributed by atoms with van der Waals surface area (Å²) in [5, 5.41) is 21.3. The number of phenols is 1. The molecular formula is C24H30N2O6. The van der Waals surface area contributed by atoms with Gasteiger partial charge in [-0.3, -0.25) is 24.7 Å². The second-order valence-electron chi connectivity index (χ2n) is 9.39. The highest BCUT2D eigenvalue weighted by atomic mass is 16.6. The molecule has 0 fully saturated rings. The van der Waals surface area contributed by atoms with Gasteiger partial charge in [-0.2, -0.15) is 0 Å². The van der Waals surface area contributed by atoms with Gasteiger partial charge in [-0.05, 0) is 36.8 Å². The van der Waals surface area contributed by atoms with E-state index in [1.54, 1.807) is 6.92 Å². The summed E-state index contributed by atoms with van der Waals surface area (Å²) in [4.78, 5) is 41.7. The van der Waals surface area contributed by atoms with E-state index in [4.69, 9.17) is 4.74 Å². The molecule has 0 saturated carbocycles.